The van der Waals surface area contributed by atoms with E-state index in [0.717, 1.165) is 11.1 Å². The molecule has 1 aliphatic rings. The van der Waals surface area contributed by atoms with Crippen molar-refractivity contribution in [3.63, 3.8) is 0 Å². The minimum Gasteiger partial charge on any atom is -0.390 e. The fourth-order valence-corrected chi connectivity index (χ4v) is 3.41. The van der Waals surface area contributed by atoms with Crippen molar-refractivity contribution >= 4 is 11.6 Å². The van der Waals surface area contributed by atoms with Gasteiger partial charge in [-0.2, -0.15) is 0 Å². The van der Waals surface area contributed by atoms with Gasteiger partial charge in [-0.15, -0.1) is 0 Å². The number of amides is 1. The number of halogens is 2. The molecular weight excluding hydrogens is 386 g/mol. The summed E-state index contributed by atoms with van der Waals surface area (Å²) in [4.78, 5) is 20.2. The predicted octanol–water partition coefficient (Wildman–Crippen LogP) is 4.80. The van der Waals surface area contributed by atoms with Crippen LogP contribution in [0.5, 0.6) is 0 Å². The van der Waals surface area contributed by atoms with Crippen LogP contribution < -0.4 is 0 Å². The Labute approximate surface area is 173 Å². The van der Waals surface area contributed by atoms with Crippen molar-refractivity contribution in [3.8, 4) is 0 Å². The van der Waals surface area contributed by atoms with Gasteiger partial charge in [-0.25, -0.2) is 8.78 Å². The molecule has 1 heterocycles. The van der Waals surface area contributed by atoms with Crippen LogP contribution in [0.25, 0.3) is 0 Å². The zero-order chi connectivity index (χ0) is 20.9. The number of nitrogens with zero attached hydrogens (tertiary/aromatic N) is 2. The Morgan fingerprint density at radius 1 is 0.967 bits per heavy atom. The summed E-state index contributed by atoms with van der Waals surface area (Å²) in [5, 5.41) is 4.11. The lowest BCUT2D eigenvalue weighted by atomic mass is 10.0. The smallest absolute Gasteiger partial charge is 0.257 e. The Bertz CT molecular complexity index is 1050. The standard InChI is InChI=1S/C24H20F2N2O2/c25-19-12-10-18(11-13-19)23-14-20(30-27-23)16-28(15-17-6-2-1-3-7-17)24(29)21-8-4-5-9-22(21)26/h1-13,20H,14-16H2. The highest BCUT2D eigenvalue weighted by atomic mass is 19.1. The maximum Gasteiger partial charge on any atom is 0.257 e. The van der Waals surface area contributed by atoms with Crippen molar-refractivity contribution in [1.29, 1.82) is 0 Å². The first-order chi connectivity index (χ1) is 14.6. The Hall–Kier alpha value is -3.54. The molecule has 0 saturated heterocycles. The Morgan fingerprint density at radius 3 is 2.40 bits per heavy atom. The second-order valence-corrected chi connectivity index (χ2v) is 7.13. The molecule has 6 heteroatoms. The van der Waals surface area contributed by atoms with E-state index < -0.39 is 11.7 Å². The molecule has 0 fully saturated rings. The van der Waals surface area contributed by atoms with Crippen LogP contribution in [0, 0.1) is 11.6 Å². The molecule has 0 aromatic heterocycles. The van der Waals surface area contributed by atoms with Gasteiger partial charge in [-0.1, -0.05) is 59.8 Å². The van der Waals surface area contributed by atoms with Crippen molar-refractivity contribution in [2.45, 2.75) is 19.1 Å². The van der Waals surface area contributed by atoms with Crippen LogP contribution in [0.2, 0.25) is 0 Å². The van der Waals surface area contributed by atoms with Gasteiger partial charge in [0.25, 0.3) is 5.91 Å². The van der Waals surface area contributed by atoms with Gasteiger partial charge in [0, 0.05) is 13.0 Å². The second kappa shape index (κ2) is 8.86. The summed E-state index contributed by atoms with van der Waals surface area (Å²) >= 11 is 0. The largest absolute Gasteiger partial charge is 0.390 e. The van der Waals surface area contributed by atoms with Gasteiger partial charge in [-0.05, 0) is 35.4 Å². The summed E-state index contributed by atoms with van der Waals surface area (Å²) in [6.07, 6.45) is 0.103. The third kappa shape index (κ3) is 4.54. The summed E-state index contributed by atoms with van der Waals surface area (Å²) in [5.41, 5.74) is 2.41. The van der Waals surface area contributed by atoms with Crippen LogP contribution in [0.4, 0.5) is 8.78 Å². The fourth-order valence-electron chi connectivity index (χ4n) is 3.41. The maximum absolute atomic E-state index is 14.2. The molecule has 1 amide bonds. The van der Waals surface area contributed by atoms with Gasteiger partial charge in [0.2, 0.25) is 0 Å². The van der Waals surface area contributed by atoms with Crippen LogP contribution in [-0.4, -0.2) is 29.2 Å². The number of carbonyl (C=O) groups excluding carboxylic acids is 1. The topological polar surface area (TPSA) is 41.9 Å². The molecule has 0 N–H and O–H groups in total. The SMILES string of the molecule is O=C(c1ccccc1F)N(Cc1ccccc1)CC1CC(c2ccc(F)cc2)=NO1. The number of rotatable bonds is 6. The minimum atomic E-state index is -0.559. The summed E-state index contributed by atoms with van der Waals surface area (Å²) in [6.45, 7) is 0.565. The molecule has 1 aliphatic heterocycles. The molecule has 0 bridgehead atoms. The molecule has 30 heavy (non-hydrogen) atoms. The molecule has 4 rings (SSSR count). The predicted molar refractivity (Wildman–Crippen MR) is 110 cm³/mol. The summed E-state index contributed by atoms with van der Waals surface area (Å²) in [6, 6.07) is 21.5. The fraction of sp³-hybridized carbons (Fsp3) is 0.167. The normalized spacial score (nSPS) is 15.4. The van der Waals surface area contributed by atoms with E-state index in [1.54, 1.807) is 29.2 Å². The molecule has 1 unspecified atom stereocenters. The summed E-state index contributed by atoms with van der Waals surface area (Å²) in [5.74, 6) is -1.29. The highest BCUT2D eigenvalue weighted by Crippen LogP contribution is 2.21. The van der Waals surface area contributed by atoms with E-state index in [9.17, 15) is 13.6 Å². The van der Waals surface area contributed by atoms with Crippen molar-refractivity contribution in [1.82, 2.24) is 4.90 Å². The monoisotopic (exact) mass is 406 g/mol. The number of benzene rings is 3. The minimum absolute atomic E-state index is 0.0195. The lowest BCUT2D eigenvalue weighted by Crippen LogP contribution is -2.37. The van der Waals surface area contributed by atoms with Crippen molar-refractivity contribution < 1.29 is 18.4 Å². The molecule has 4 nitrogen and oxygen atoms in total. The Morgan fingerprint density at radius 2 is 1.67 bits per heavy atom. The van der Waals surface area contributed by atoms with E-state index in [0.29, 0.717) is 18.7 Å². The number of oxime groups is 1. The zero-order valence-corrected chi connectivity index (χ0v) is 16.2. The van der Waals surface area contributed by atoms with E-state index >= 15 is 0 Å². The zero-order valence-electron chi connectivity index (χ0n) is 16.2. The Kier molecular flexibility index (Phi) is 5.84. The molecule has 0 radical (unpaired) electrons. The highest BCUT2D eigenvalue weighted by molar-refractivity contribution is 6.01. The van der Waals surface area contributed by atoms with Gasteiger partial charge >= 0.3 is 0 Å². The van der Waals surface area contributed by atoms with Gasteiger partial charge < -0.3 is 9.74 Å². The van der Waals surface area contributed by atoms with Crippen molar-refractivity contribution in [3.05, 3.63) is 107 Å². The van der Waals surface area contributed by atoms with Gasteiger partial charge in [0.05, 0.1) is 17.8 Å². The van der Waals surface area contributed by atoms with Gasteiger partial charge in [0.1, 0.15) is 11.6 Å². The highest BCUT2D eigenvalue weighted by Gasteiger charge is 2.28. The van der Waals surface area contributed by atoms with E-state index in [4.69, 9.17) is 4.84 Å². The Balaban J connectivity index is 1.51. The van der Waals surface area contributed by atoms with E-state index in [1.807, 2.05) is 30.3 Å². The summed E-state index contributed by atoms with van der Waals surface area (Å²) < 4.78 is 27.4. The van der Waals surface area contributed by atoms with Crippen LogP contribution >= 0.6 is 0 Å². The molecule has 3 aromatic rings. The van der Waals surface area contributed by atoms with E-state index in [-0.39, 0.29) is 24.0 Å². The number of carbonyl (C=O) groups is 1. The van der Waals surface area contributed by atoms with Crippen molar-refractivity contribution in [2.75, 3.05) is 6.54 Å². The van der Waals surface area contributed by atoms with Crippen LogP contribution in [0.3, 0.4) is 0 Å². The maximum atomic E-state index is 14.2. The van der Waals surface area contributed by atoms with Crippen LogP contribution in [0.15, 0.2) is 84.0 Å². The lowest BCUT2D eigenvalue weighted by Gasteiger charge is -2.25. The summed E-state index contributed by atoms with van der Waals surface area (Å²) in [7, 11) is 0. The number of hydrogen-bond acceptors (Lipinski definition) is 3. The quantitative estimate of drug-likeness (QED) is 0.590. The molecule has 152 valence electrons. The molecule has 0 saturated carbocycles. The first-order valence-electron chi connectivity index (χ1n) is 9.66. The lowest BCUT2D eigenvalue weighted by molar-refractivity contribution is 0.0402. The first-order valence-corrected chi connectivity index (χ1v) is 9.66. The third-order valence-corrected chi connectivity index (χ3v) is 4.94. The average molecular weight is 406 g/mol. The van der Waals surface area contributed by atoms with Gasteiger partial charge in [-0.3, -0.25) is 4.79 Å². The van der Waals surface area contributed by atoms with Gasteiger partial charge in [0.15, 0.2) is 6.10 Å². The molecule has 0 spiro atoms. The third-order valence-electron chi connectivity index (χ3n) is 4.94. The number of hydrogen-bond donors (Lipinski definition) is 0. The average Bonchev–Trinajstić information content (AvgIpc) is 3.23. The first kappa shape index (κ1) is 19.8. The molecule has 1 atom stereocenters. The molecule has 3 aromatic carbocycles. The molecular formula is C24H20F2N2O2. The van der Waals surface area contributed by atoms with Crippen LogP contribution in [0.1, 0.15) is 27.9 Å². The second-order valence-electron chi connectivity index (χ2n) is 7.13. The van der Waals surface area contributed by atoms with E-state index in [2.05, 4.69) is 5.16 Å². The molecule has 0 aliphatic carbocycles. The van der Waals surface area contributed by atoms with E-state index in [1.165, 1.54) is 24.3 Å². The van der Waals surface area contributed by atoms with Crippen LogP contribution in [-0.2, 0) is 11.4 Å². The van der Waals surface area contributed by atoms with Crippen molar-refractivity contribution in [2.24, 2.45) is 5.16 Å².